The second kappa shape index (κ2) is 12.2. The van der Waals surface area contributed by atoms with Gasteiger partial charge < -0.3 is 30.0 Å². The summed E-state index contributed by atoms with van der Waals surface area (Å²) >= 11 is 0. The maximum absolute atomic E-state index is 12.9. The van der Waals surface area contributed by atoms with Crippen molar-refractivity contribution in [2.75, 3.05) is 20.1 Å². The van der Waals surface area contributed by atoms with Crippen LogP contribution in [-0.2, 0) is 17.9 Å². The standard InChI is InChI=1S/C23H34N4O6/c1-23(2,3)20(24-4)21(29)26-27(13-18(28)11-25-22(30)31)12-16-5-7-19(8-6-16)33-15-17-9-10-32-14-17/h5-10,14,18,20,24-25,28H,11-13,15H2,1-4H3,(H,26,29)(H,30,31). The van der Waals surface area contributed by atoms with Crippen molar-refractivity contribution in [2.24, 2.45) is 5.41 Å². The molecule has 0 bridgehead atoms. The molecule has 182 valence electrons. The third-order valence-corrected chi connectivity index (χ3v) is 4.89. The van der Waals surface area contributed by atoms with Gasteiger partial charge in [-0.25, -0.2) is 9.80 Å². The summed E-state index contributed by atoms with van der Waals surface area (Å²) in [7, 11) is 1.72. The minimum atomic E-state index is -1.22. The highest BCUT2D eigenvalue weighted by molar-refractivity contribution is 5.82. The minimum absolute atomic E-state index is 0.0331. The Bertz CT molecular complexity index is 864. The molecule has 0 aliphatic carbocycles. The topological polar surface area (TPSA) is 136 Å². The molecule has 0 aliphatic rings. The molecule has 0 fully saturated rings. The Morgan fingerprint density at radius 3 is 2.39 bits per heavy atom. The highest BCUT2D eigenvalue weighted by atomic mass is 16.5. The van der Waals surface area contributed by atoms with Gasteiger partial charge in [-0.3, -0.25) is 10.2 Å². The van der Waals surface area contributed by atoms with Crippen LogP contribution in [0.4, 0.5) is 4.79 Å². The molecule has 10 heteroatoms. The highest BCUT2D eigenvalue weighted by Gasteiger charge is 2.31. The van der Waals surface area contributed by atoms with Gasteiger partial charge in [0, 0.05) is 25.2 Å². The number of nitrogens with one attached hydrogen (secondary N) is 3. The molecule has 0 saturated carbocycles. The van der Waals surface area contributed by atoms with Gasteiger partial charge in [-0.2, -0.15) is 0 Å². The molecule has 10 nitrogen and oxygen atoms in total. The van der Waals surface area contributed by atoms with E-state index in [-0.39, 0.29) is 24.4 Å². The Hall–Kier alpha value is -3.08. The summed E-state index contributed by atoms with van der Waals surface area (Å²) in [6.45, 7) is 6.42. The van der Waals surface area contributed by atoms with E-state index in [1.807, 2.05) is 51.1 Å². The number of benzene rings is 1. The first-order valence-corrected chi connectivity index (χ1v) is 10.7. The van der Waals surface area contributed by atoms with Crippen LogP contribution in [0.15, 0.2) is 47.3 Å². The second-order valence-electron chi connectivity index (χ2n) is 8.85. The zero-order valence-corrected chi connectivity index (χ0v) is 19.5. The van der Waals surface area contributed by atoms with Gasteiger partial charge >= 0.3 is 6.09 Å². The average molecular weight is 463 g/mol. The molecule has 0 aliphatic heterocycles. The Morgan fingerprint density at radius 1 is 1.15 bits per heavy atom. The fourth-order valence-electron chi connectivity index (χ4n) is 3.30. The average Bonchev–Trinajstić information content (AvgIpc) is 3.25. The van der Waals surface area contributed by atoms with Crippen molar-refractivity contribution in [3.8, 4) is 5.75 Å². The first-order chi connectivity index (χ1) is 15.6. The molecule has 0 radical (unpaired) electrons. The van der Waals surface area contributed by atoms with E-state index in [0.717, 1.165) is 11.1 Å². The van der Waals surface area contributed by atoms with Crippen molar-refractivity contribution >= 4 is 12.0 Å². The Balaban J connectivity index is 2.05. The molecular weight excluding hydrogens is 428 g/mol. The molecule has 2 aromatic rings. The minimum Gasteiger partial charge on any atom is -0.489 e. The van der Waals surface area contributed by atoms with Crippen LogP contribution >= 0.6 is 0 Å². The molecule has 1 aromatic heterocycles. The van der Waals surface area contributed by atoms with Crippen molar-refractivity contribution in [1.29, 1.82) is 0 Å². The van der Waals surface area contributed by atoms with Gasteiger partial charge in [0.25, 0.3) is 5.91 Å². The van der Waals surface area contributed by atoms with Crippen LogP contribution in [0.25, 0.3) is 0 Å². The number of hydrazine groups is 1. The van der Waals surface area contributed by atoms with Crippen LogP contribution < -0.4 is 20.8 Å². The third-order valence-electron chi connectivity index (χ3n) is 4.89. The van der Waals surface area contributed by atoms with Gasteiger partial charge in [-0.1, -0.05) is 32.9 Å². The Kier molecular flexibility index (Phi) is 9.71. The maximum atomic E-state index is 12.9. The lowest BCUT2D eigenvalue weighted by atomic mass is 9.86. The zero-order chi connectivity index (χ0) is 24.4. The van der Waals surface area contributed by atoms with Crippen LogP contribution in [0.1, 0.15) is 31.9 Å². The summed E-state index contributed by atoms with van der Waals surface area (Å²) in [6.07, 6.45) is 0.971. The second-order valence-corrected chi connectivity index (χ2v) is 8.85. The van der Waals surface area contributed by atoms with Crippen molar-refractivity contribution in [1.82, 2.24) is 21.1 Å². The van der Waals surface area contributed by atoms with E-state index in [2.05, 4.69) is 16.1 Å². The molecule has 0 spiro atoms. The Labute approximate surface area is 193 Å². The predicted octanol–water partition coefficient (Wildman–Crippen LogP) is 1.95. The summed E-state index contributed by atoms with van der Waals surface area (Å²) in [4.78, 5) is 23.6. The van der Waals surface area contributed by atoms with Crippen LogP contribution in [-0.4, -0.2) is 59.5 Å². The number of carboxylic acid groups (broad SMARTS) is 1. The smallest absolute Gasteiger partial charge is 0.404 e. The number of rotatable bonds is 12. The van der Waals surface area contributed by atoms with Crippen molar-refractivity contribution in [3.63, 3.8) is 0 Å². The lowest BCUT2D eigenvalue weighted by Crippen LogP contribution is -2.56. The van der Waals surface area contributed by atoms with Crippen molar-refractivity contribution in [2.45, 2.75) is 46.1 Å². The zero-order valence-electron chi connectivity index (χ0n) is 19.5. The molecule has 2 unspecified atom stereocenters. The number of hydrogen-bond acceptors (Lipinski definition) is 7. The number of carbonyl (C=O) groups is 2. The lowest BCUT2D eigenvalue weighted by Gasteiger charge is -2.33. The van der Waals surface area contributed by atoms with E-state index in [9.17, 15) is 14.7 Å². The number of amides is 2. The summed E-state index contributed by atoms with van der Waals surface area (Å²) in [5.41, 5.74) is 4.33. The van der Waals surface area contributed by atoms with E-state index in [1.165, 1.54) is 0 Å². The number of hydrogen-bond donors (Lipinski definition) is 5. The summed E-state index contributed by atoms with van der Waals surface area (Å²) in [5, 5.41) is 25.8. The molecule has 1 aromatic carbocycles. The van der Waals surface area contributed by atoms with E-state index in [4.69, 9.17) is 14.3 Å². The molecule has 1 heterocycles. The first-order valence-electron chi connectivity index (χ1n) is 10.7. The predicted molar refractivity (Wildman–Crippen MR) is 122 cm³/mol. The molecular formula is C23H34N4O6. The van der Waals surface area contributed by atoms with Gasteiger partial charge in [0.15, 0.2) is 0 Å². The molecule has 0 saturated heterocycles. The van der Waals surface area contributed by atoms with Gasteiger partial charge in [0.2, 0.25) is 0 Å². The quantitative estimate of drug-likeness (QED) is 0.302. The lowest BCUT2D eigenvalue weighted by molar-refractivity contribution is -0.131. The van der Waals surface area contributed by atoms with Crippen LogP contribution in [0.2, 0.25) is 0 Å². The number of carbonyl (C=O) groups excluding carboxylic acids is 1. The summed E-state index contributed by atoms with van der Waals surface area (Å²) in [5.74, 6) is 0.438. The van der Waals surface area contributed by atoms with E-state index < -0.39 is 18.2 Å². The molecule has 2 amide bonds. The molecule has 2 rings (SSSR count). The molecule has 5 N–H and O–H groups in total. The van der Waals surface area contributed by atoms with Gasteiger partial charge in [-0.15, -0.1) is 0 Å². The number of aliphatic hydroxyl groups excluding tert-OH is 1. The fraction of sp³-hybridized carbons (Fsp3) is 0.478. The van der Waals surface area contributed by atoms with E-state index in [1.54, 1.807) is 24.6 Å². The van der Waals surface area contributed by atoms with E-state index in [0.29, 0.717) is 18.9 Å². The van der Waals surface area contributed by atoms with Crippen LogP contribution in [0, 0.1) is 5.41 Å². The van der Waals surface area contributed by atoms with E-state index >= 15 is 0 Å². The SMILES string of the molecule is CNC(C(=O)NN(Cc1ccc(OCc2ccoc2)cc1)CC(O)CNC(=O)O)C(C)(C)C. The summed E-state index contributed by atoms with van der Waals surface area (Å²) in [6, 6.07) is 8.74. The van der Waals surface area contributed by atoms with Gasteiger partial charge in [0.1, 0.15) is 12.4 Å². The Morgan fingerprint density at radius 2 is 1.85 bits per heavy atom. The third kappa shape index (κ3) is 9.13. The van der Waals surface area contributed by atoms with Gasteiger partial charge in [-0.05, 0) is 36.2 Å². The normalized spacial score (nSPS) is 13.4. The number of nitrogens with zero attached hydrogens (tertiary/aromatic N) is 1. The highest BCUT2D eigenvalue weighted by Crippen LogP contribution is 2.20. The van der Waals surface area contributed by atoms with Crippen LogP contribution in [0.5, 0.6) is 5.75 Å². The van der Waals surface area contributed by atoms with Crippen LogP contribution in [0.3, 0.4) is 0 Å². The molecule has 33 heavy (non-hydrogen) atoms. The van der Waals surface area contributed by atoms with Crippen molar-refractivity contribution in [3.05, 3.63) is 54.0 Å². The largest absolute Gasteiger partial charge is 0.489 e. The maximum Gasteiger partial charge on any atom is 0.404 e. The van der Waals surface area contributed by atoms with Crippen molar-refractivity contribution < 1.29 is 29.0 Å². The first kappa shape index (κ1) is 26.2. The molecule has 2 atom stereocenters. The monoisotopic (exact) mass is 462 g/mol. The number of likely N-dealkylation sites (N-methyl/N-ethyl adjacent to an activating group) is 1. The number of ether oxygens (including phenoxy) is 1. The summed E-state index contributed by atoms with van der Waals surface area (Å²) < 4.78 is 10.7. The number of aliphatic hydroxyl groups is 1. The number of furan rings is 1. The fourth-order valence-corrected chi connectivity index (χ4v) is 3.30. The van der Waals surface area contributed by atoms with Gasteiger partial charge in [0.05, 0.1) is 24.7 Å².